The van der Waals surface area contributed by atoms with Crippen LogP contribution in [0.5, 0.6) is 5.75 Å². The number of phenolic OH excluding ortho intramolecular Hbond substituents is 1. The van der Waals surface area contributed by atoms with E-state index in [1.165, 1.54) is 36.4 Å². The van der Waals surface area contributed by atoms with Crippen molar-refractivity contribution in [3.05, 3.63) is 70.1 Å². The standard InChI is InChI=1S/C18H12N2O5S2/c21-13-7-5-11(6-8-13)15(22)19-20-16(23)14(27-18(20)26)9-10-1-3-12(4-2-10)17(24)25/h1-9,21H,(H,19,22)(H,24,25). The van der Waals surface area contributed by atoms with Crippen molar-refractivity contribution >= 4 is 52.2 Å². The number of nitrogens with zero attached hydrogens (tertiary/aromatic N) is 1. The third kappa shape index (κ3) is 4.15. The fourth-order valence-corrected chi connectivity index (χ4v) is 3.40. The zero-order chi connectivity index (χ0) is 19.6. The molecule has 0 saturated carbocycles. The van der Waals surface area contributed by atoms with Gasteiger partial charge >= 0.3 is 5.97 Å². The molecule has 1 saturated heterocycles. The van der Waals surface area contributed by atoms with E-state index in [1.54, 1.807) is 18.2 Å². The van der Waals surface area contributed by atoms with Gasteiger partial charge in [-0.3, -0.25) is 15.0 Å². The number of nitrogens with one attached hydrogen (secondary N) is 1. The number of thiocarbonyl (C=S) groups is 1. The van der Waals surface area contributed by atoms with Crippen LogP contribution in [0.15, 0.2) is 53.4 Å². The Balaban J connectivity index is 1.75. The summed E-state index contributed by atoms with van der Waals surface area (Å²) in [6.07, 6.45) is 1.57. The summed E-state index contributed by atoms with van der Waals surface area (Å²) in [5, 5.41) is 19.2. The molecule has 1 aliphatic rings. The molecule has 0 radical (unpaired) electrons. The monoisotopic (exact) mass is 400 g/mol. The topological polar surface area (TPSA) is 107 Å². The lowest BCUT2D eigenvalue weighted by molar-refractivity contribution is -0.123. The van der Waals surface area contributed by atoms with E-state index in [0.717, 1.165) is 16.8 Å². The van der Waals surface area contributed by atoms with Crippen LogP contribution in [0.2, 0.25) is 0 Å². The van der Waals surface area contributed by atoms with Crippen molar-refractivity contribution in [2.75, 3.05) is 0 Å². The molecule has 1 aliphatic heterocycles. The maximum atomic E-state index is 12.5. The van der Waals surface area contributed by atoms with E-state index in [9.17, 15) is 19.5 Å². The van der Waals surface area contributed by atoms with Crippen LogP contribution in [0.25, 0.3) is 6.08 Å². The average Bonchev–Trinajstić information content (AvgIpc) is 2.90. The Kier molecular flexibility index (Phi) is 5.24. The Labute approximate surface area is 163 Å². The molecule has 0 atom stereocenters. The minimum atomic E-state index is -1.04. The van der Waals surface area contributed by atoms with Gasteiger partial charge in [-0.25, -0.2) is 4.79 Å². The maximum Gasteiger partial charge on any atom is 0.335 e. The number of carboxylic acids is 1. The predicted molar refractivity (Wildman–Crippen MR) is 104 cm³/mol. The largest absolute Gasteiger partial charge is 0.508 e. The Morgan fingerprint density at radius 3 is 2.22 bits per heavy atom. The van der Waals surface area contributed by atoms with Crippen molar-refractivity contribution in [1.82, 2.24) is 10.4 Å². The van der Waals surface area contributed by atoms with Crippen LogP contribution in [0.3, 0.4) is 0 Å². The quantitative estimate of drug-likeness (QED) is 0.535. The van der Waals surface area contributed by atoms with Gasteiger partial charge in [-0.15, -0.1) is 0 Å². The summed E-state index contributed by atoms with van der Waals surface area (Å²) in [6, 6.07) is 11.6. The van der Waals surface area contributed by atoms with E-state index in [2.05, 4.69) is 5.43 Å². The third-order valence-electron chi connectivity index (χ3n) is 3.59. The minimum Gasteiger partial charge on any atom is -0.508 e. The van der Waals surface area contributed by atoms with Crippen LogP contribution in [-0.2, 0) is 4.79 Å². The van der Waals surface area contributed by atoms with Gasteiger partial charge in [0, 0.05) is 5.56 Å². The number of phenols is 1. The highest BCUT2D eigenvalue weighted by Crippen LogP contribution is 2.31. The first kappa shape index (κ1) is 18.6. The lowest BCUT2D eigenvalue weighted by Crippen LogP contribution is -2.44. The predicted octanol–water partition coefficient (Wildman–Crippen LogP) is 2.64. The molecule has 0 aromatic heterocycles. The van der Waals surface area contributed by atoms with Gasteiger partial charge < -0.3 is 10.2 Å². The summed E-state index contributed by atoms with van der Waals surface area (Å²) in [7, 11) is 0. The number of rotatable bonds is 4. The molecule has 1 heterocycles. The highest BCUT2D eigenvalue weighted by atomic mass is 32.2. The lowest BCUT2D eigenvalue weighted by Gasteiger charge is -2.15. The van der Waals surface area contributed by atoms with Crippen LogP contribution < -0.4 is 5.43 Å². The van der Waals surface area contributed by atoms with Crippen molar-refractivity contribution in [2.24, 2.45) is 0 Å². The minimum absolute atomic E-state index is 0.0222. The Morgan fingerprint density at radius 2 is 1.63 bits per heavy atom. The lowest BCUT2D eigenvalue weighted by atomic mass is 10.1. The second kappa shape index (κ2) is 7.60. The molecule has 0 bridgehead atoms. The number of carbonyl (C=O) groups excluding carboxylic acids is 2. The Hall–Kier alpha value is -3.17. The van der Waals surface area contributed by atoms with E-state index in [1.807, 2.05) is 0 Å². The van der Waals surface area contributed by atoms with Gasteiger partial charge in [0.25, 0.3) is 11.8 Å². The highest BCUT2D eigenvalue weighted by Gasteiger charge is 2.33. The molecule has 3 N–H and O–H groups in total. The van der Waals surface area contributed by atoms with Crippen LogP contribution in [-0.4, -0.2) is 37.3 Å². The van der Waals surface area contributed by atoms with Crippen molar-refractivity contribution in [3.8, 4) is 5.75 Å². The number of hydrogen-bond donors (Lipinski definition) is 3. The van der Waals surface area contributed by atoms with E-state index >= 15 is 0 Å². The number of thioether (sulfide) groups is 1. The molecular formula is C18H12N2O5S2. The summed E-state index contributed by atoms with van der Waals surface area (Å²) in [4.78, 5) is 35.9. The van der Waals surface area contributed by atoms with Gasteiger partial charge in [0.2, 0.25) is 0 Å². The third-order valence-corrected chi connectivity index (χ3v) is 4.89. The van der Waals surface area contributed by atoms with E-state index in [4.69, 9.17) is 17.3 Å². The fourth-order valence-electron chi connectivity index (χ4n) is 2.22. The van der Waals surface area contributed by atoms with Gasteiger partial charge in [0.15, 0.2) is 4.32 Å². The number of benzene rings is 2. The van der Waals surface area contributed by atoms with Crippen LogP contribution in [0.1, 0.15) is 26.3 Å². The first-order valence-corrected chi connectivity index (χ1v) is 8.79. The normalized spacial score (nSPS) is 15.3. The van der Waals surface area contributed by atoms with Crippen molar-refractivity contribution in [1.29, 1.82) is 0 Å². The van der Waals surface area contributed by atoms with E-state index in [0.29, 0.717) is 10.5 Å². The molecule has 1 fully saturated rings. The zero-order valence-electron chi connectivity index (χ0n) is 13.6. The van der Waals surface area contributed by atoms with Crippen LogP contribution in [0, 0.1) is 0 Å². The summed E-state index contributed by atoms with van der Waals surface area (Å²) < 4.78 is 0.167. The first-order chi connectivity index (χ1) is 12.8. The molecule has 136 valence electrons. The van der Waals surface area contributed by atoms with E-state index in [-0.39, 0.29) is 21.2 Å². The Morgan fingerprint density at radius 1 is 1.04 bits per heavy atom. The first-order valence-electron chi connectivity index (χ1n) is 7.56. The van der Waals surface area contributed by atoms with Crippen molar-refractivity contribution < 1.29 is 24.6 Å². The summed E-state index contributed by atoms with van der Waals surface area (Å²) >= 11 is 6.17. The van der Waals surface area contributed by atoms with Crippen molar-refractivity contribution in [3.63, 3.8) is 0 Å². The van der Waals surface area contributed by atoms with Crippen molar-refractivity contribution in [2.45, 2.75) is 0 Å². The van der Waals surface area contributed by atoms with Crippen LogP contribution >= 0.6 is 24.0 Å². The average molecular weight is 400 g/mol. The van der Waals surface area contributed by atoms with Gasteiger partial charge in [0.05, 0.1) is 10.5 Å². The maximum absolute atomic E-state index is 12.5. The summed E-state index contributed by atoms with van der Waals surface area (Å²) in [6.45, 7) is 0. The summed E-state index contributed by atoms with van der Waals surface area (Å²) in [5.41, 5.74) is 3.47. The molecule has 2 aromatic carbocycles. The molecular weight excluding hydrogens is 388 g/mol. The number of hydrogen-bond acceptors (Lipinski definition) is 6. The number of hydrazine groups is 1. The second-order valence-electron chi connectivity index (χ2n) is 5.43. The molecule has 0 spiro atoms. The number of carbonyl (C=O) groups is 3. The molecule has 27 heavy (non-hydrogen) atoms. The zero-order valence-corrected chi connectivity index (χ0v) is 15.2. The number of amides is 2. The number of aromatic carboxylic acids is 1. The SMILES string of the molecule is O=C(O)c1ccc(C=C2SC(=S)N(NC(=O)c3ccc(O)cc3)C2=O)cc1. The smallest absolute Gasteiger partial charge is 0.335 e. The van der Waals surface area contributed by atoms with Crippen LogP contribution in [0.4, 0.5) is 0 Å². The highest BCUT2D eigenvalue weighted by molar-refractivity contribution is 8.26. The van der Waals surface area contributed by atoms with Gasteiger partial charge in [-0.2, -0.15) is 5.01 Å². The molecule has 2 aromatic rings. The van der Waals surface area contributed by atoms with Gasteiger partial charge in [-0.05, 0) is 60.3 Å². The Bertz CT molecular complexity index is 968. The molecule has 3 rings (SSSR count). The second-order valence-corrected chi connectivity index (χ2v) is 7.11. The summed E-state index contributed by atoms with van der Waals surface area (Å²) in [5.74, 6) is -2.04. The number of aromatic hydroxyl groups is 1. The number of carboxylic acid groups (broad SMARTS) is 1. The molecule has 0 aliphatic carbocycles. The van der Waals surface area contributed by atoms with Gasteiger partial charge in [-0.1, -0.05) is 23.9 Å². The molecule has 7 nitrogen and oxygen atoms in total. The molecule has 0 unspecified atom stereocenters. The van der Waals surface area contributed by atoms with Gasteiger partial charge in [0.1, 0.15) is 5.75 Å². The fraction of sp³-hybridized carbons (Fsp3) is 0. The molecule has 2 amide bonds. The van der Waals surface area contributed by atoms with E-state index < -0.39 is 17.8 Å². The molecule has 9 heteroatoms.